The van der Waals surface area contributed by atoms with E-state index in [4.69, 9.17) is 0 Å². The number of fused-ring (bicyclic) bond motifs is 1. The van der Waals surface area contributed by atoms with Crippen molar-refractivity contribution in [2.24, 2.45) is 5.41 Å². The van der Waals surface area contributed by atoms with Crippen molar-refractivity contribution in [2.45, 2.75) is 84.7 Å². The second-order valence-corrected chi connectivity index (χ2v) is 8.01. The first kappa shape index (κ1) is 19.6. The van der Waals surface area contributed by atoms with E-state index in [0.717, 1.165) is 37.9 Å². The van der Waals surface area contributed by atoms with Gasteiger partial charge in [0.15, 0.2) is 0 Å². The summed E-state index contributed by atoms with van der Waals surface area (Å²) in [5, 5.41) is 12.9. The van der Waals surface area contributed by atoms with Crippen LogP contribution in [0.5, 0.6) is 0 Å². The molecule has 2 aliphatic carbocycles. The molecule has 4 heteroatoms. The molecule has 138 valence electrons. The molecule has 0 aromatic heterocycles. The predicted octanol–water partition coefficient (Wildman–Crippen LogP) is 4.30. The lowest BCUT2D eigenvalue weighted by Gasteiger charge is -2.38. The average Bonchev–Trinajstić information content (AvgIpc) is 3.04. The van der Waals surface area contributed by atoms with E-state index in [0.29, 0.717) is 6.42 Å². The van der Waals surface area contributed by atoms with Crippen molar-refractivity contribution in [3.8, 4) is 6.07 Å². The average molecular weight is 344 g/mol. The van der Waals surface area contributed by atoms with E-state index in [-0.39, 0.29) is 22.9 Å². The number of hydrogen-bond donors (Lipinski definition) is 1. The van der Waals surface area contributed by atoms with Crippen LogP contribution in [0, 0.1) is 16.7 Å². The predicted molar refractivity (Wildman–Crippen MR) is 102 cm³/mol. The molecule has 2 aliphatic rings. The molecule has 25 heavy (non-hydrogen) atoms. The normalized spacial score (nSPS) is 28.0. The van der Waals surface area contributed by atoms with Crippen LogP contribution in [-0.4, -0.2) is 28.9 Å². The molecule has 0 aromatic carbocycles. The number of carbonyl (C=O) groups is 1. The summed E-state index contributed by atoms with van der Waals surface area (Å²) in [7, 11) is 0. The third kappa shape index (κ3) is 3.92. The molecule has 0 aliphatic heterocycles. The van der Waals surface area contributed by atoms with Crippen molar-refractivity contribution >= 4 is 5.91 Å². The maximum Gasteiger partial charge on any atom is 0.220 e. The smallest absolute Gasteiger partial charge is 0.220 e. The summed E-state index contributed by atoms with van der Waals surface area (Å²) in [5.74, 6) is 0.167. The minimum Gasteiger partial charge on any atom is -0.361 e. The van der Waals surface area contributed by atoms with Crippen molar-refractivity contribution in [3.05, 3.63) is 23.4 Å². The fourth-order valence-corrected chi connectivity index (χ4v) is 4.07. The molecule has 2 fully saturated rings. The van der Waals surface area contributed by atoms with Gasteiger partial charge in [-0.3, -0.25) is 4.79 Å². The number of nitriles is 1. The summed E-state index contributed by atoms with van der Waals surface area (Å²) < 4.78 is 0. The molecule has 2 rings (SSSR count). The molecule has 0 saturated heterocycles. The van der Waals surface area contributed by atoms with E-state index in [1.54, 1.807) is 0 Å². The number of hydrogen-bond acceptors (Lipinski definition) is 3. The van der Waals surface area contributed by atoms with Gasteiger partial charge in [-0.05, 0) is 64.4 Å². The Hall–Kier alpha value is -1.76. The molecule has 0 spiro atoms. The van der Waals surface area contributed by atoms with E-state index in [2.05, 4.69) is 50.1 Å². The van der Waals surface area contributed by atoms with Crippen LogP contribution in [0.25, 0.3) is 0 Å². The maximum atomic E-state index is 11.8. The van der Waals surface area contributed by atoms with Crippen molar-refractivity contribution in [1.82, 2.24) is 10.2 Å². The first-order valence-corrected chi connectivity index (χ1v) is 9.68. The highest BCUT2D eigenvalue weighted by molar-refractivity contribution is 5.77. The zero-order chi connectivity index (χ0) is 18.7. The largest absolute Gasteiger partial charge is 0.361 e. The second-order valence-electron chi connectivity index (χ2n) is 8.01. The highest BCUT2D eigenvalue weighted by Crippen LogP contribution is 2.72. The first-order chi connectivity index (χ1) is 11.8. The number of rotatable bonds is 9. The zero-order valence-corrected chi connectivity index (χ0v) is 16.5. The van der Waals surface area contributed by atoms with Crippen LogP contribution in [0.2, 0.25) is 0 Å². The molecule has 0 radical (unpaired) electrons. The Kier molecular flexibility index (Phi) is 5.98. The summed E-state index contributed by atoms with van der Waals surface area (Å²) in [5.41, 5.74) is 2.36. The van der Waals surface area contributed by atoms with E-state index < -0.39 is 0 Å². The van der Waals surface area contributed by atoms with Crippen LogP contribution in [0.4, 0.5) is 0 Å². The van der Waals surface area contributed by atoms with Crippen molar-refractivity contribution in [1.29, 1.82) is 5.26 Å². The topological polar surface area (TPSA) is 56.1 Å². The molecular weight excluding hydrogens is 310 g/mol. The molecule has 2 saturated carbocycles. The number of nitrogens with one attached hydrogen (secondary N) is 1. The fourth-order valence-electron chi connectivity index (χ4n) is 4.07. The Morgan fingerprint density at radius 2 is 2.00 bits per heavy atom. The van der Waals surface area contributed by atoms with E-state index >= 15 is 0 Å². The summed E-state index contributed by atoms with van der Waals surface area (Å²) in [6.07, 6.45) is 10.0. The second kappa shape index (κ2) is 7.64. The lowest BCUT2D eigenvalue weighted by atomic mass is 9.77. The van der Waals surface area contributed by atoms with Crippen LogP contribution in [0.1, 0.15) is 73.1 Å². The van der Waals surface area contributed by atoms with Gasteiger partial charge in [-0.25, -0.2) is 0 Å². The number of carbonyl (C=O) groups excluding carboxylic acids is 1. The summed E-state index contributed by atoms with van der Waals surface area (Å²) >= 11 is 0. The Morgan fingerprint density at radius 1 is 1.28 bits per heavy atom. The molecule has 4 nitrogen and oxygen atoms in total. The SMILES string of the molecule is CCC(=O)NC12CCC1(CCN(/C(C#N)=C\C=C(/C)CC)C(C)C)C2. The lowest BCUT2D eigenvalue weighted by Crippen LogP contribution is -2.48. The molecule has 1 N–H and O–H groups in total. The van der Waals surface area contributed by atoms with Gasteiger partial charge in [0.25, 0.3) is 0 Å². The van der Waals surface area contributed by atoms with Crippen LogP contribution < -0.4 is 5.32 Å². The molecule has 0 bridgehead atoms. The summed E-state index contributed by atoms with van der Waals surface area (Å²) in [6, 6.07) is 2.66. The molecule has 2 unspecified atom stereocenters. The van der Waals surface area contributed by atoms with Crippen molar-refractivity contribution < 1.29 is 4.79 Å². The third-order valence-corrected chi connectivity index (χ3v) is 6.22. The molecule has 0 aromatic rings. The lowest BCUT2D eigenvalue weighted by molar-refractivity contribution is -0.122. The number of amides is 1. The number of nitrogens with zero attached hydrogens (tertiary/aromatic N) is 2. The van der Waals surface area contributed by atoms with E-state index in [9.17, 15) is 10.1 Å². The van der Waals surface area contributed by atoms with Crippen LogP contribution in [0.3, 0.4) is 0 Å². The van der Waals surface area contributed by atoms with Gasteiger partial charge in [-0.15, -0.1) is 0 Å². The summed E-state index contributed by atoms with van der Waals surface area (Å²) in [4.78, 5) is 14.0. The van der Waals surface area contributed by atoms with Gasteiger partial charge in [0.2, 0.25) is 5.91 Å². The van der Waals surface area contributed by atoms with Gasteiger partial charge in [0.05, 0.1) is 0 Å². The maximum absolute atomic E-state index is 11.8. The van der Waals surface area contributed by atoms with Gasteiger partial charge in [-0.1, -0.05) is 25.5 Å². The highest BCUT2D eigenvalue weighted by Gasteiger charge is 2.73. The van der Waals surface area contributed by atoms with Gasteiger partial charge in [0, 0.05) is 24.5 Å². The van der Waals surface area contributed by atoms with Crippen LogP contribution >= 0.6 is 0 Å². The Labute approximate surface area is 153 Å². The van der Waals surface area contributed by atoms with Gasteiger partial charge >= 0.3 is 0 Å². The monoisotopic (exact) mass is 343 g/mol. The zero-order valence-electron chi connectivity index (χ0n) is 16.5. The molecule has 2 atom stereocenters. The third-order valence-electron chi connectivity index (χ3n) is 6.22. The van der Waals surface area contributed by atoms with Gasteiger partial charge < -0.3 is 10.2 Å². The minimum atomic E-state index is 0.0674. The van der Waals surface area contributed by atoms with Crippen molar-refractivity contribution in [2.75, 3.05) is 6.54 Å². The number of allylic oxidation sites excluding steroid dienone is 4. The first-order valence-electron chi connectivity index (χ1n) is 9.68. The quantitative estimate of drug-likeness (QED) is 0.501. The van der Waals surface area contributed by atoms with Gasteiger partial charge in [0.1, 0.15) is 11.8 Å². The molecular formula is C21H33N3O. The van der Waals surface area contributed by atoms with Gasteiger partial charge in [-0.2, -0.15) is 5.26 Å². The Balaban J connectivity index is 2.02. The van der Waals surface area contributed by atoms with Crippen molar-refractivity contribution in [3.63, 3.8) is 0 Å². The summed E-state index contributed by atoms with van der Waals surface area (Å²) in [6.45, 7) is 11.3. The minimum absolute atomic E-state index is 0.0674. The molecule has 1 amide bonds. The van der Waals surface area contributed by atoms with E-state index in [1.165, 1.54) is 12.0 Å². The highest BCUT2D eigenvalue weighted by atomic mass is 16.1. The standard InChI is InChI=1S/C21H33N3O/c1-6-17(5)8-9-18(14-22)24(16(3)4)13-12-20-10-11-21(20,15-20)23-19(25)7-2/h8-9,16H,6-7,10-13,15H2,1-5H3,(H,23,25)/b17-8+,18-9-. The Morgan fingerprint density at radius 3 is 2.48 bits per heavy atom. The van der Waals surface area contributed by atoms with Crippen LogP contribution in [0.15, 0.2) is 23.4 Å². The molecule has 0 heterocycles. The van der Waals surface area contributed by atoms with Crippen LogP contribution in [-0.2, 0) is 4.79 Å². The fraction of sp³-hybridized carbons (Fsp3) is 0.714. The Bertz CT molecular complexity index is 613. The van der Waals surface area contributed by atoms with E-state index in [1.807, 2.05) is 13.0 Å².